The Morgan fingerprint density at radius 2 is 1.74 bits per heavy atom. The van der Waals surface area contributed by atoms with Gasteiger partial charge < -0.3 is 23.7 Å². The van der Waals surface area contributed by atoms with Gasteiger partial charge in [0, 0.05) is 6.07 Å². The highest BCUT2D eigenvalue weighted by atomic mass is 16.5. The van der Waals surface area contributed by atoms with E-state index in [4.69, 9.17) is 18.6 Å². The lowest BCUT2D eigenvalue weighted by atomic mass is 10.0. The maximum atomic E-state index is 12.7. The second-order valence-electron chi connectivity index (χ2n) is 5.80. The van der Waals surface area contributed by atoms with E-state index in [-0.39, 0.29) is 5.76 Å². The van der Waals surface area contributed by atoms with E-state index in [2.05, 4.69) is 6.58 Å². The molecule has 0 saturated carbocycles. The van der Waals surface area contributed by atoms with Crippen molar-refractivity contribution in [2.75, 3.05) is 21.3 Å². The van der Waals surface area contributed by atoms with Gasteiger partial charge >= 0.3 is 0 Å². The number of para-hydroxylation sites is 1. The molecule has 0 radical (unpaired) electrons. The summed E-state index contributed by atoms with van der Waals surface area (Å²) in [6.07, 6.45) is 2.24. The summed E-state index contributed by atoms with van der Waals surface area (Å²) < 4.78 is 22.0. The Balaban J connectivity index is 2.38. The number of allylic oxidation sites excluding steroid dienone is 1. The zero-order valence-electron chi connectivity index (χ0n) is 15.4. The van der Waals surface area contributed by atoms with Crippen molar-refractivity contribution in [3.8, 4) is 34.3 Å². The van der Waals surface area contributed by atoms with Gasteiger partial charge in [-0.3, -0.25) is 4.79 Å². The average Bonchev–Trinajstić information content (AvgIpc) is 2.70. The fourth-order valence-electron chi connectivity index (χ4n) is 2.97. The molecule has 0 saturated heterocycles. The predicted octanol–water partition coefficient (Wildman–Crippen LogP) is 3.92. The summed E-state index contributed by atoms with van der Waals surface area (Å²) in [5, 5.41) is 10.8. The van der Waals surface area contributed by atoms with Crippen LogP contribution in [0.4, 0.5) is 0 Å². The maximum Gasteiger partial charge on any atom is 0.235 e. The van der Waals surface area contributed by atoms with Gasteiger partial charge in [0.25, 0.3) is 0 Å². The van der Waals surface area contributed by atoms with Crippen molar-refractivity contribution in [2.24, 2.45) is 0 Å². The second kappa shape index (κ2) is 7.45. The van der Waals surface area contributed by atoms with Crippen LogP contribution in [-0.2, 0) is 6.42 Å². The number of fused-ring (bicyclic) bond motifs is 1. The molecule has 0 spiro atoms. The highest BCUT2D eigenvalue weighted by Crippen LogP contribution is 2.43. The highest BCUT2D eigenvalue weighted by molar-refractivity contribution is 5.86. The number of benzene rings is 2. The summed E-state index contributed by atoms with van der Waals surface area (Å²) in [7, 11) is 4.48. The van der Waals surface area contributed by atoms with Gasteiger partial charge in [0.2, 0.25) is 11.2 Å². The monoisotopic (exact) mass is 368 g/mol. The Morgan fingerprint density at radius 1 is 1.07 bits per heavy atom. The second-order valence-corrected chi connectivity index (χ2v) is 5.80. The van der Waals surface area contributed by atoms with E-state index >= 15 is 0 Å². The van der Waals surface area contributed by atoms with Crippen molar-refractivity contribution in [3.63, 3.8) is 0 Å². The van der Waals surface area contributed by atoms with Crippen molar-refractivity contribution in [1.82, 2.24) is 0 Å². The van der Waals surface area contributed by atoms with Crippen LogP contribution in [-0.4, -0.2) is 26.4 Å². The highest BCUT2D eigenvalue weighted by Gasteiger charge is 2.22. The Morgan fingerprint density at radius 3 is 2.37 bits per heavy atom. The molecule has 0 aliphatic carbocycles. The van der Waals surface area contributed by atoms with Gasteiger partial charge in [-0.2, -0.15) is 0 Å². The summed E-state index contributed by atoms with van der Waals surface area (Å²) in [6, 6.07) is 8.40. The van der Waals surface area contributed by atoms with E-state index in [1.165, 1.54) is 21.3 Å². The Kier molecular flexibility index (Phi) is 5.07. The molecule has 140 valence electrons. The molecule has 0 amide bonds. The van der Waals surface area contributed by atoms with Crippen molar-refractivity contribution < 1.29 is 23.7 Å². The molecule has 1 N–H and O–H groups in total. The molecule has 0 unspecified atom stereocenters. The van der Waals surface area contributed by atoms with E-state index < -0.39 is 11.2 Å². The molecule has 1 heterocycles. The molecule has 2 aromatic carbocycles. The molecule has 3 aromatic rings. The molecular formula is C21H20O6. The topological polar surface area (TPSA) is 78.1 Å². The first kappa shape index (κ1) is 18.4. The minimum atomic E-state index is -0.519. The number of hydrogen-bond acceptors (Lipinski definition) is 6. The van der Waals surface area contributed by atoms with E-state index in [1.807, 2.05) is 6.07 Å². The van der Waals surface area contributed by atoms with Crippen LogP contribution in [0.3, 0.4) is 0 Å². The third-order valence-electron chi connectivity index (χ3n) is 4.29. The molecular weight excluding hydrogens is 348 g/mol. The average molecular weight is 368 g/mol. The smallest absolute Gasteiger partial charge is 0.235 e. The number of hydrogen-bond donors (Lipinski definition) is 1. The Hall–Kier alpha value is -3.41. The number of aromatic hydroxyl groups is 1. The fraction of sp³-hybridized carbons (Fsp3) is 0.190. The van der Waals surface area contributed by atoms with Crippen LogP contribution in [0, 0.1) is 0 Å². The Labute approximate surface area is 156 Å². The first-order chi connectivity index (χ1) is 13.0. The van der Waals surface area contributed by atoms with E-state index in [0.717, 1.165) is 5.56 Å². The van der Waals surface area contributed by atoms with Crippen molar-refractivity contribution in [3.05, 3.63) is 58.8 Å². The molecule has 6 nitrogen and oxygen atoms in total. The summed E-state index contributed by atoms with van der Waals surface area (Å²) in [4.78, 5) is 12.7. The molecule has 3 rings (SSSR count). The molecule has 1 aromatic heterocycles. The van der Waals surface area contributed by atoms with Crippen molar-refractivity contribution in [1.29, 1.82) is 0 Å². The largest absolute Gasteiger partial charge is 0.502 e. The normalized spacial score (nSPS) is 10.6. The first-order valence-corrected chi connectivity index (χ1v) is 8.24. The zero-order valence-corrected chi connectivity index (χ0v) is 15.4. The van der Waals surface area contributed by atoms with Crippen LogP contribution < -0.4 is 19.6 Å². The number of rotatable bonds is 6. The molecule has 0 bridgehead atoms. The van der Waals surface area contributed by atoms with Gasteiger partial charge in [-0.1, -0.05) is 18.2 Å². The summed E-state index contributed by atoms with van der Waals surface area (Å²) in [5.74, 6) is 0.736. The van der Waals surface area contributed by atoms with Crippen LogP contribution in [0.15, 0.2) is 52.2 Å². The summed E-state index contributed by atoms with van der Waals surface area (Å²) in [6.45, 7) is 3.73. The van der Waals surface area contributed by atoms with Gasteiger partial charge in [-0.05, 0) is 24.1 Å². The van der Waals surface area contributed by atoms with Crippen LogP contribution in [0.25, 0.3) is 22.3 Å². The van der Waals surface area contributed by atoms with E-state index in [0.29, 0.717) is 40.2 Å². The lowest BCUT2D eigenvalue weighted by molar-refractivity contribution is 0.349. The zero-order chi connectivity index (χ0) is 19.6. The van der Waals surface area contributed by atoms with E-state index in [9.17, 15) is 9.90 Å². The lowest BCUT2D eigenvalue weighted by Crippen LogP contribution is -2.04. The van der Waals surface area contributed by atoms with Crippen LogP contribution in [0.5, 0.6) is 23.0 Å². The van der Waals surface area contributed by atoms with Crippen molar-refractivity contribution >= 4 is 11.0 Å². The number of ether oxygens (including phenoxy) is 3. The van der Waals surface area contributed by atoms with Crippen LogP contribution >= 0.6 is 0 Å². The fourth-order valence-corrected chi connectivity index (χ4v) is 2.97. The SMILES string of the molecule is C=CCc1cccc2c(=O)c(O)c(-c3cc(OC)c(OC)cc3OC)oc12. The van der Waals surface area contributed by atoms with Crippen LogP contribution in [0.1, 0.15) is 5.56 Å². The molecule has 27 heavy (non-hydrogen) atoms. The lowest BCUT2D eigenvalue weighted by Gasteiger charge is -2.15. The quantitative estimate of drug-likeness (QED) is 0.665. The third kappa shape index (κ3) is 3.10. The molecule has 6 heteroatoms. The van der Waals surface area contributed by atoms with Gasteiger partial charge in [-0.25, -0.2) is 0 Å². The van der Waals surface area contributed by atoms with E-state index in [1.54, 1.807) is 30.3 Å². The van der Waals surface area contributed by atoms with Crippen molar-refractivity contribution in [2.45, 2.75) is 6.42 Å². The maximum absolute atomic E-state index is 12.7. The molecule has 0 aliphatic rings. The summed E-state index contributed by atoms with van der Waals surface area (Å²) >= 11 is 0. The molecule has 0 atom stereocenters. The summed E-state index contributed by atoms with van der Waals surface area (Å²) in [5.41, 5.74) is 1.04. The van der Waals surface area contributed by atoms with Crippen LogP contribution in [0.2, 0.25) is 0 Å². The first-order valence-electron chi connectivity index (χ1n) is 8.24. The predicted molar refractivity (Wildman–Crippen MR) is 103 cm³/mol. The molecule has 0 aliphatic heterocycles. The number of methoxy groups -OCH3 is 3. The minimum Gasteiger partial charge on any atom is -0.502 e. The Bertz CT molecular complexity index is 1060. The van der Waals surface area contributed by atoms with Gasteiger partial charge in [-0.15, -0.1) is 6.58 Å². The van der Waals surface area contributed by atoms with Gasteiger partial charge in [0.1, 0.15) is 11.3 Å². The molecule has 0 fully saturated rings. The van der Waals surface area contributed by atoms with Gasteiger partial charge in [0.15, 0.2) is 17.3 Å². The minimum absolute atomic E-state index is 0.00168. The van der Waals surface area contributed by atoms with Gasteiger partial charge in [0.05, 0.1) is 32.3 Å². The third-order valence-corrected chi connectivity index (χ3v) is 4.29. The standard InChI is InChI=1S/C21H20O6/c1-5-7-12-8-6-9-13-18(22)19(23)21(27-20(12)13)14-10-16(25-3)17(26-4)11-15(14)24-2/h5-6,8-11,23H,1,7H2,2-4H3.